The van der Waals surface area contributed by atoms with Gasteiger partial charge in [-0.05, 0) is 35.4 Å². The molecule has 132 valence electrons. The van der Waals surface area contributed by atoms with Crippen molar-refractivity contribution in [1.29, 1.82) is 0 Å². The molecule has 3 unspecified atom stereocenters. The molecule has 1 fully saturated rings. The highest BCUT2D eigenvalue weighted by Gasteiger charge is 2.68. The first-order valence-electron chi connectivity index (χ1n) is 7.92. The van der Waals surface area contributed by atoms with Crippen molar-refractivity contribution in [3.8, 4) is 0 Å². The van der Waals surface area contributed by atoms with Gasteiger partial charge in [-0.1, -0.05) is 35.9 Å². The second-order valence-electron chi connectivity index (χ2n) is 6.41. The fraction of sp³-hybridized carbons (Fsp3) is 0.222. The average Bonchev–Trinajstić information content (AvgIpc) is 2.95. The Kier molecular flexibility index (Phi) is 3.10. The molecule has 8 heteroatoms. The molecule has 4 heterocycles. The first-order chi connectivity index (χ1) is 12.4. The predicted octanol–water partition coefficient (Wildman–Crippen LogP) is 4.52. The van der Waals surface area contributed by atoms with Gasteiger partial charge in [-0.25, -0.2) is 9.67 Å². The Bertz CT molecular complexity index is 975. The first-order valence-corrected chi connectivity index (χ1v) is 8.29. The summed E-state index contributed by atoms with van der Waals surface area (Å²) >= 11 is 5.98. The molecule has 2 bridgehead atoms. The molecule has 2 aromatic carbocycles. The molecule has 3 aromatic rings. The second kappa shape index (κ2) is 5.08. The minimum absolute atomic E-state index is 0.247. The first kappa shape index (κ1) is 15.8. The van der Waals surface area contributed by atoms with Gasteiger partial charge < -0.3 is 4.74 Å². The van der Waals surface area contributed by atoms with Crippen LogP contribution in [0.4, 0.5) is 13.2 Å². The van der Waals surface area contributed by atoms with Crippen LogP contribution in [-0.4, -0.2) is 14.8 Å². The Morgan fingerprint density at radius 1 is 1.12 bits per heavy atom. The van der Waals surface area contributed by atoms with E-state index in [0.29, 0.717) is 16.4 Å². The molecule has 3 aliphatic heterocycles. The molecule has 4 nitrogen and oxygen atoms in total. The Morgan fingerprint density at radius 2 is 1.88 bits per heavy atom. The van der Waals surface area contributed by atoms with Crippen molar-refractivity contribution in [3.05, 3.63) is 82.4 Å². The maximum atomic E-state index is 13.1. The zero-order valence-corrected chi connectivity index (χ0v) is 13.9. The Balaban J connectivity index is 1.58. The molecule has 1 aromatic heterocycles. The summed E-state index contributed by atoms with van der Waals surface area (Å²) < 4.78 is 47.0. The quantitative estimate of drug-likeness (QED) is 0.630. The van der Waals surface area contributed by atoms with Crippen molar-refractivity contribution >= 4 is 11.6 Å². The molecule has 0 amide bonds. The lowest BCUT2D eigenvalue weighted by molar-refractivity contribution is -0.137. The van der Waals surface area contributed by atoms with E-state index >= 15 is 0 Å². The SMILES string of the molecule is FC(F)(F)c1cccc(C2OC2(c2ccc(Cl)cc2)C2c3ncn2n3)c1. The number of ether oxygens (including phenoxy) is 1. The van der Waals surface area contributed by atoms with E-state index in [4.69, 9.17) is 16.3 Å². The number of alkyl halides is 3. The number of fused-ring (bicyclic) bond motifs is 1. The van der Waals surface area contributed by atoms with E-state index in [1.807, 2.05) is 12.1 Å². The van der Waals surface area contributed by atoms with Gasteiger partial charge in [-0.15, -0.1) is 0 Å². The van der Waals surface area contributed by atoms with Crippen molar-refractivity contribution in [2.24, 2.45) is 0 Å². The third-order valence-electron chi connectivity index (χ3n) is 4.90. The summed E-state index contributed by atoms with van der Waals surface area (Å²) in [6.45, 7) is 0. The van der Waals surface area contributed by atoms with Gasteiger partial charge >= 0.3 is 6.18 Å². The van der Waals surface area contributed by atoms with Crippen molar-refractivity contribution < 1.29 is 17.9 Å². The third kappa shape index (κ3) is 2.13. The van der Waals surface area contributed by atoms with E-state index in [-0.39, 0.29) is 6.04 Å². The number of rotatable bonds is 3. The van der Waals surface area contributed by atoms with Crippen LogP contribution in [0, 0.1) is 0 Å². The van der Waals surface area contributed by atoms with Crippen molar-refractivity contribution in [2.75, 3.05) is 0 Å². The van der Waals surface area contributed by atoms with E-state index < -0.39 is 23.4 Å². The molecule has 0 spiro atoms. The number of benzene rings is 2. The van der Waals surface area contributed by atoms with Crippen molar-refractivity contribution in [1.82, 2.24) is 14.8 Å². The molecular formula is C18H11ClF3N3O. The van der Waals surface area contributed by atoms with Crippen LogP contribution in [0.25, 0.3) is 0 Å². The Labute approximate surface area is 151 Å². The summed E-state index contributed by atoms with van der Waals surface area (Å²) in [6, 6.07) is 12.1. The number of hydrogen-bond donors (Lipinski definition) is 0. The van der Waals surface area contributed by atoms with Crippen LogP contribution < -0.4 is 0 Å². The maximum absolute atomic E-state index is 13.1. The van der Waals surface area contributed by atoms with Crippen LogP contribution in [0.2, 0.25) is 5.02 Å². The number of nitrogens with zero attached hydrogens (tertiary/aromatic N) is 3. The van der Waals surface area contributed by atoms with E-state index in [9.17, 15) is 13.2 Å². The van der Waals surface area contributed by atoms with Crippen molar-refractivity contribution in [3.63, 3.8) is 0 Å². The molecule has 0 radical (unpaired) electrons. The minimum Gasteiger partial charge on any atom is -0.353 e. The maximum Gasteiger partial charge on any atom is 0.416 e. The van der Waals surface area contributed by atoms with Crippen LogP contribution in [0.3, 0.4) is 0 Å². The standard InChI is InChI=1S/C18H11ClF3N3O/c19-13-6-4-11(5-7-13)17(14-16-23-9-25(14)24-16)15(26-17)10-2-1-3-12(8-10)18(20,21)22/h1-9,14-15H. The molecule has 0 saturated carbocycles. The highest BCUT2D eigenvalue weighted by atomic mass is 35.5. The van der Waals surface area contributed by atoms with Crippen LogP contribution >= 0.6 is 11.6 Å². The van der Waals surface area contributed by atoms with Gasteiger partial charge in [0.15, 0.2) is 17.5 Å². The van der Waals surface area contributed by atoms with Gasteiger partial charge in [0.1, 0.15) is 12.4 Å². The van der Waals surface area contributed by atoms with E-state index in [2.05, 4.69) is 10.1 Å². The zero-order valence-electron chi connectivity index (χ0n) is 13.1. The van der Waals surface area contributed by atoms with Gasteiger partial charge in [0.25, 0.3) is 0 Å². The summed E-state index contributed by atoms with van der Waals surface area (Å²) in [5.41, 5.74) is -0.219. The predicted molar refractivity (Wildman–Crippen MR) is 86.6 cm³/mol. The van der Waals surface area contributed by atoms with E-state index in [0.717, 1.165) is 17.7 Å². The lowest BCUT2D eigenvalue weighted by Gasteiger charge is -2.27. The lowest BCUT2D eigenvalue weighted by atomic mass is 9.84. The highest BCUT2D eigenvalue weighted by Crippen LogP contribution is 2.65. The lowest BCUT2D eigenvalue weighted by Crippen LogP contribution is -2.33. The topological polar surface area (TPSA) is 43.2 Å². The van der Waals surface area contributed by atoms with E-state index in [1.165, 1.54) is 6.07 Å². The number of hydrogen-bond acceptors (Lipinski definition) is 3. The van der Waals surface area contributed by atoms with Gasteiger partial charge in [0.05, 0.1) is 5.56 Å². The Hall–Kier alpha value is -2.38. The summed E-state index contributed by atoms with van der Waals surface area (Å²) in [4.78, 5) is 4.19. The summed E-state index contributed by atoms with van der Waals surface area (Å²) in [5, 5.41) is 4.77. The largest absolute Gasteiger partial charge is 0.416 e. The molecule has 6 rings (SSSR count). The molecule has 3 atom stereocenters. The number of aromatic nitrogens is 3. The fourth-order valence-electron chi connectivity index (χ4n) is 3.64. The van der Waals surface area contributed by atoms with Crippen molar-refractivity contribution in [2.45, 2.75) is 23.9 Å². The molecule has 3 aliphatic rings. The van der Waals surface area contributed by atoms with Crippen LogP contribution in [0.15, 0.2) is 54.9 Å². The normalized spacial score (nSPS) is 26.5. The van der Waals surface area contributed by atoms with E-state index in [1.54, 1.807) is 29.2 Å². The average molecular weight is 378 g/mol. The number of halogens is 4. The summed E-state index contributed by atoms with van der Waals surface area (Å²) in [7, 11) is 0. The molecule has 0 N–H and O–H groups in total. The highest BCUT2D eigenvalue weighted by molar-refractivity contribution is 6.30. The monoisotopic (exact) mass is 377 g/mol. The van der Waals surface area contributed by atoms with Gasteiger partial charge in [-0.3, -0.25) is 0 Å². The molecule has 0 aliphatic carbocycles. The molecule has 1 saturated heterocycles. The third-order valence-corrected chi connectivity index (χ3v) is 5.15. The van der Waals surface area contributed by atoms with Crippen LogP contribution in [-0.2, 0) is 16.5 Å². The fourth-order valence-corrected chi connectivity index (χ4v) is 3.76. The minimum atomic E-state index is -4.40. The second-order valence-corrected chi connectivity index (χ2v) is 6.84. The Morgan fingerprint density at radius 3 is 2.50 bits per heavy atom. The molecule has 26 heavy (non-hydrogen) atoms. The summed E-state index contributed by atoms with van der Waals surface area (Å²) in [5.74, 6) is 0.620. The van der Waals surface area contributed by atoms with Gasteiger partial charge in [0, 0.05) is 5.02 Å². The summed E-state index contributed by atoms with van der Waals surface area (Å²) in [6.07, 6.45) is -3.33. The van der Waals surface area contributed by atoms with Gasteiger partial charge in [-0.2, -0.15) is 18.3 Å². The molecular weight excluding hydrogens is 367 g/mol. The smallest absolute Gasteiger partial charge is 0.353 e. The van der Waals surface area contributed by atoms with Crippen LogP contribution in [0.1, 0.15) is 34.7 Å². The van der Waals surface area contributed by atoms with Gasteiger partial charge in [0.2, 0.25) is 0 Å². The number of epoxide rings is 1. The zero-order chi connectivity index (χ0) is 18.1. The van der Waals surface area contributed by atoms with Crippen LogP contribution in [0.5, 0.6) is 0 Å².